The number of ether oxygens (including phenoxy) is 1. The van der Waals surface area contributed by atoms with Gasteiger partial charge in [-0.25, -0.2) is 4.79 Å². The first kappa shape index (κ1) is 20.9. The van der Waals surface area contributed by atoms with Crippen molar-refractivity contribution in [3.8, 4) is 16.9 Å². The summed E-state index contributed by atoms with van der Waals surface area (Å²) in [4.78, 5) is 12.3. The molecule has 0 aromatic heterocycles. The number of hydrogen-bond donors (Lipinski definition) is 0. The fourth-order valence-corrected chi connectivity index (χ4v) is 3.29. The molecule has 0 radical (unpaired) electrons. The van der Waals surface area contributed by atoms with Gasteiger partial charge in [-0.05, 0) is 66.6 Å². The fourth-order valence-electron chi connectivity index (χ4n) is 3.29. The first-order valence-electron chi connectivity index (χ1n) is 10.5. The second-order valence-corrected chi connectivity index (χ2v) is 7.88. The molecule has 0 saturated heterocycles. The van der Waals surface area contributed by atoms with Crippen LogP contribution in [-0.4, -0.2) is 5.97 Å². The van der Waals surface area contributed by atoms with Crippen LogP contribution >= 0.6 is 0 Å². The number of aryl methyl sites for hydroxylation is 2. The summed E-state index contributed by atoms with van der Waals surface area (Å²) in [6.45, 7) is 6.58. The third kappa shape index (κ3) is 6.05. The fraction of sp³-hybridized carbons (Fsp3) is 0.296. The Balaban J connectivity index is 1.59. The van der Waals surface area contributed by atoms with E-state index in [1.54, 1.807) is 0 Å². The predicted octanol–water partition coefficient (Wildman–Crippen LogP) is 7.25. The summed E-state index contributed by atoms with van der Waals surface area (Å²) in [6.07, 6.45) is 4.92. The van der Waals surface area contributed by atoms with E-state index in [1.165, 1.54) is 24.8 Å². The average Bonchev–Trinajstić information content (AvgIpc) is 2.76. The molecule has 0 N–H and O–H groups in total. The lowest BCUT2D eigenvalue weighted by molar-refractivity contribution is 0.0735. The van der Waals surface area contributed by atoms with Gasteiger partial charge in [0, 0.05) is 0 Å². The van der Waals surface area contributed by atoms with E-state index in [4.69, 9.17) is 4.74 Å². The summed E-state index contributed by atoms with van der Waals surface area (Å²) in [5, 5.41) is 0. The molecule has 3 aromatic rings. The van der Waals surface area contributed by atoms with E-state index in [0.717, 1.165) is 29.0 Å². The zero-order valence-corrected chi connectivity index (χ0v) is 17.7. The van der Waals surface area contributed by atoms with Gasteiger partial charge < -0.3 is 4.74 Å². The van der Waals surface area contributed by atoms with E-state index < -0.39 is 0 Å². The molecule has 2 heteroatoms. The van der Waals surface area contributed by atoms with Crippen LogP contribution in [0.3, 0.4) is 0 Å². The van der Waals surface area contributed by atoms with E-state index in [2.05, 4.69) is 38.1 Å². The molecule has 1 atom stereocenters. The lowest BCUT2D eigenvalue weighted by Crippen LogP contribution is -2.08. The number of carbonyl (C=O) groups is 1. The normalized spacial score (nSPS) is 11.8. The van der Waals surface area contributed by atoms with Gasteiger partial charge in [-0.1, -0.05) is 80.8 Å². The third-order valence-electron chi connectivity index (χ3n) is 5.50. The Bertz CT molecular complexity index is 906. The topological polar surface area (TPSA) is 26.3 Å². The zero-order valence-electron chi connectivity index (χ0n) is 17.7. The molecular formula is C27H30O2. The summed E-state index contributed by atoms with van der Waals surface area (Å²) in [5.74, 6) is 1.04. The van der Waals surface area contributed by atoms with Crippen molar-refractivity contribution < 1.29 is 9.53 Å². The van der Waals surface area contributed by atoms with Crippen LogP contribution in [0.25, 0.3) is 11.1 Å². The number of esters is 1. The van der Waals surface area contributed by atoms with E-state index in [-0.39, 0.29) is 5.97 Å². The molecule has 2 nitrogen and oxygen atoms in total. The Labute approximate surface area is 174 Å². The molecule has 0 spiro atoms. The summed E-state index contributed by atoms with van der Waals surface area (Å²) in [5.41, 5.74) is 5.33. The molecule has 3 rings (SSSR count). The van der Waals surface area contributed by atoms with Gasteiger partial charge in [0.15, 0.2) is 0 Å². The Morgan fingerprint density at radius 2 is 1.45 bits per heavy atom. The molecule has 3 aromatic carbocycles. The SMILES string of the molecule is CC[C@@H](C)CCCc1ccc(-c2ccc(C(=O)Oc3ccc(C)cc3)cc2)cc1. The van der Waals surface area contributed by atoms with Crippen molar-refractivity contribution >= 4 is 5.97 Å². The maximum atomic E-state index is 12.3. The van der Waals surface area contributed by atoms with Crippen molar-refractivity contribution in [3.63, 3.8) is 0 Å². The number of hydrogen-bond acceptors (Lipinski definition) is 2. The van der Waals surface area contributed by atoms with Crippen LogP contribution in [0, 0.1) is 12.8 Å². The maximum absolute atomic E-state index is 12.3. The van der Waals surface area contributed by atoms with Gasteiger partial charge in [0.05, 0.1) is 5.56 Å². The lowest BCUT2D eigenvalue weighted by Gasteiger charge is -2.09. The minimum atomic E-state index is -0.336. The van der Waals surface area contributed by atoms with Gasteiger partial charge >= 0.3 is 5.97 Å². The highest BCUT2D eigenvalue weighted by molar-refractivity contribution is 5.91. The Kier molecular flexibility index (Phi) is 7.24. The molecule has 150 valence electrons. The molecule has 0 unspecified atom stereocenters. The molecule has 29 heavy (non-hydrogen) atoms. The quantitative estimate of drug-likeness (QED) is 0.301. The molecule has 0 aliphatic rings. The van der Waals surface area contributed by atoms with E-state index in [9.17, 15) is 4.79 Å². The molecule has 0 amide bonds. The average molecular weight is 387 g/mol. The van der Waals surface area contributed by atoms with Crippen LogP contribution in [-0.2, 0) is 6.42 Å². The van der Waals surface area contributed by atoms with Gasteiger partial charge in [-0.2, -0.15) is 0 Å². The van der Waals surface area contributed by atoms with Crippen LogP contribution in [0.5, 0.6) is 5.75 Å². The van der Waals surface area contributed by atoms with E-state index in [0.29, 0.717) is 11.3 Å². The molecular weight excluding hydrogens is 356 g/mol. The largest absolute Gasteiger partial charge is 0.423 e. The van der Waals surface area contributed by atoms with Crippen molar-refractivity contribution in [2.75, 3.05) is 0 Å². The number of carbonyl (C=O) groups excluding carboxylic acids is 1. The highest BCUT2D eigenvalue weighted by atomic mass is 16.5. The van der Waals surface area contributed by atoms with Crippen LogP contribution in [0.4, 0.5) is 0 Å². The molecule has 0 heterocycles. The molecule has 0 saturated carbocycles. The van der Waals surface area contributed by atoms with E-state index in [1.807, 2.05) is 55.5 Å². The predicted molar refractivity (Wildman–Crippen MR) is 120 cm³/mol. The zero-order chi connectivity index (χ0) is 20.6. The monoisotopic (exact) mass is 386 g/mol. The first-order chi connectivity index (χ1) is 14.0. The Morgan fingerprint density at radius 1 is 0.862 bits per heavy atom. The van der Waals surface area contributed by atoms with Crippen LogP contribution in [0.2, 0.25) is 0 Å². The summed E-state index contributed by atoms with van der Waals surface area (Å²) < 4.78 is 5.44. The Hall–Kier alpha value is -2.87. The highest BCUT2D eigenvalue weighted by Crippen LogP contribution is 2.22. The summed E-state index contributed by atoms with van der Waals surface area (Å²) >= 11 is 0. The van der Waals surface area contributed by atoms with Crippen molar-refractivity contribution in [3.05, 3.63) is 89.5 Å². The second kappa shape index (κ2) is 10.1. The number of rotatable bonds is 8. The van der Waals surface area contributed by atoms with Crippen LogP contribution < -0.4 is 4.74 Å². The molecule has 0 aliphatic carbocycles. The van der Waals surface area contributed by atoms with Crippen molar-refractivity contribution in [1.82, 2.24) is 0 Å². The first-order valence-corrected chi connectivity index (χ1v) is 10.5. The van der Waals surface area contributed by atoms with E-state index >= 15 is 0 Å². The lowest BCUT2D eigenvalue weighted by atomic mass is 9.97. The maximum Gasteiger partial charge on any atom is 0.343 e. The third-order valence-corrected chi connectivity index (χ3v) is 5.50. The van der Waals surface area contributed by atoms with Gasteiger partial charge in [0.1, 0.15) is 5.75 Å². The smallest absolute Gasteiger partial charge is 0.343 e. The molecule has 0 aliphatic heterocycles. The molecule has 0 fully saturated rings. The van der Waals surface area contributed by atoms with Crippen molar-refractivity contribution in [2.45, 2.75) is 46.5 Å². The van der Waals surface area contributed by atoms with Crippen molar-refractivity contribution in [2.24, 2.45) is 5.92 Å². The standard InChI is InChI=1S/C27H30O2/c1-4-20(2)6-5-7-22-10-12-23(13-11-22)24-14-16-25(17-15-24)27(28)29-26-18-8-21(3)9-19-26/h8-20H,4-7H2,1-3H3/t20-/m1/s1. The van der Waals surface area contributed by atoms with Gasteiger partial charge in [0.2, 0.25) is 0 Å². The minimum Gasteiger partial charge on any atom is -0.423 e. The Morgan fingerprint density at radius 3 is 2.03 bits per heavy atom. The second-order valence-electron chi connectivity index (χ2n) is 7.88. The number of benzene rings is 3. The minimum absolute atomic E-state index is 0.336. The summed E-state index contributed by atoms with van der Waals surface area (Å²) in [6, 6.07) is 23.8. The molecule has 0 bridgehead atoms. The van der Waals surface area contributed by atoms with Gasteiger partial charge in [0.25, 0.3) is 0 Å². The van der Waals surface area contributed by atoms with Crippen LogP contribution in [0.15, 0.2) is 72.8 Å². The van der Waals surface area contributed by atoms with Crippen LogP contribution in [0.1, 0.15) is 54.6 Å². The summed E-state index contributed by atoms with van der Waals surface area (Å²) in [7, 11) is 0. The highest BCUT2D eigenvalue weighted by Gasteiger charge is 2.09. The van der Waals surface area contributed by atoms with Gasteiger partial charge in [-0.15, -0.1) is 0 Å². The van der Waals surface area contributed by atoms with Gasteiger partial charge in [-0.3, -0.25) is 0 Å². The van der Waals surface area contributed by atoms with Crippen molar-refractivity contribution in [1.29, 1.82) is 0 Å².